The van der Waals surface area contributed by atoms with Gasteiger partial charge in [0.15, 0.2) is 0 Å². The summed E-state index contributed by atoms with van der Waals surface area (Å²) >= 11 is 0. The average Bonchev–Trinajstić information content (AvgIpc) is 2.06. The van der Waals surface area contributed by atoms with Gasteiger partial charge in [0.05, 0.1) is 0 Å². The van der Waals surface area contributed by atoms with Crippen molar-refractivity contribution in [3.63, 3.8) is 0 Å². The Balaban J connectivity index is 0.00000121. The predicted octanol–water partition coefficient (Wildman–Crippen LogP) is 2.00. The van der Waals surface area contributed by atoms with Gasteiger partial charge in [-0.15, -0.1) is 0 Å². The summed E-state index contributed by atoms with van der Waals surface area (Å²) in [6, 6.07) is 9.06. The maximum Gasteiger partial charge on any atom is 0.310 e. The zero-order chi connectivity index (χ0) is 8.10. The van der Waals surface area contributed by atoms with E-state index in [2.05, 4.69) is 0 Å². The van der Waals surface area contributed by atoms with Crippen LogP contribution in [0.4, 0.5) is 0 Å². The van der Waals surface area contributed by atoms with Crippen LogP contribution in [0.3, 0.4) is 0 Å². The van der Waals surface area contributed by atoms with E-state index in [9.17, 15) is 4.79 Å². The van der Waals surface area contributed by atoms with Gasteiger partial charge in [0, 0.05) is 23.5 Å². The molecule has 1 aromatic rings. The molecule has 0 aliphatic carbocycles. The molecule has 12 heavy (non-hydrogen) atoms. The minimum Gasteiger partial charge on any atom is -0.427 e. The molecular formula is C9H10FeO2. The summed E-state index contributed by atoms with van der Waals surface area (Å²) in [6.07, 6.45) is 0.412. The normalized spacial score (nSPS) is 8.42. The molecule has 0 aliphatic rings. The van der Waals surface area contributed by atoms with E-state index in [1.165, 1.54) is 0 Å². The number of rotatable bonds is 2. The van der Waals surface area contributed by atoms with Crippen molar-refractivity contribution in [1.82, 2.24) is 0 Å². The Morgan fingerprint density at radius 3 is 2.42 bits per heavy atom. The second kappa shape index (κ2) is 5.81. The fourth-order valence-corrected chi connectivity index (χ4v) is 0.692. The maximum atomic E-state index is 10.8. The smallest absolute Gasteiger partial charge is 0.310 e. The first-order valence-corrected chi connectivity index (χ1v) is 3.58. The second-order valence-electron chi connectivity index (χ2n) is 2.14. The monoisotopic (exact) mass is 206 g/mol. The van der Waals surface area contributed by atoms with Gasteiger partial charge in [0.1, 0.15) is 5.75 Å². The van der Waals surface area contributed by atoms with Gasteiger partial charge in [-0.05, 0) is 12.1 Å². The summed E-state index contributed by atoms with van der Waals surface area (Å²) in [5.41, 5.74) is 0. The van der Waals surface area contributed by atoms with E-state index in [0.717, 1.165) is 0 Å². The van der Waals surface area contributed by atoms with Gasteiger partial charge in [0.2, 0.25) is 0 Å². The molecule has 0 N–H and O–H groups in total. The van der Waals surface area contributed by atoms with Crippen LogP contribution in [-0.2, 0) is 21.9 Å². The number of hydrogen-bond acceptors (Lipinski definition) is 2. The summed E-state index contributed by atoms with van der Waals surface area (Å²) in [4.78, 5) is 10.8. The quantitative estimate of drug-likeness (QED) is 0.420. The maximum absolute atomic E-state index is 10.8. The summed E-state index contributed by atoms with van der Waals surface area (Å²) in [5.74, 6) is 0.413. The van der Waals surface area contributed by atoms with Crippen molar-refractivity contribution in [3.05, 3.63) is 30.3 Å². The van der Waals surface area contributed by atoms with Crippen molar-refractivity contribution in [1.29, 1.82) is 0 Å². The largest absolute Gasteiger partial charge is 0.427 e. The Hall–Kier alpha value is -0.791. The molecule has 0 aliphatic heterocycles. The number of esters is 1. The van der Waals surface area contributed by atoms with Crippen molar-refractivity contribution < 1.29 is 26.6 Å². The van der Waals surface area contributed by atoms with Crippen LogP contribution in [0.2, 0.25) is 0 Å². The Labute approximate surface area is 82.4 Å². The molecule has 0 saturated heterocycles. The molecule has 0 fully saturated rings. The predicted molar refractivity (Wildman–Crippen MR) is 42.4 cm³/mol. The fraction of sp³-hybridized carbons (Fsp3) is 0.222. The van der Waals surface area contributed by atoms with Gasteiger partial charge < -0.3 is 4.74 Å². The number of benzene rings is 1. The Morgan fingerprint density at radius 2 is 1.92 bits per heavy atom. The molecule has 2 nitrogen and oxygen atoms in total. The van der Waals surface area contributed by atoms with Gasteiger partial charge in [-0.2, -0.15) is 0 Å². The van der Waals surface area contributed by atoms with Crippen LogP contribution >= 0.6 is 0 Å². The van der Waals surface area contributed by atoms with Gasteiger partial charge in [0.25, 0.3) is 0 Å². The van der Waals surface area contributed by atoms with E-state index in [1.807, 2.05) is 18.2 Å². The molecule has 0 heterocycles. The SMILES string of the molecule is CCC(=O)Oc1ccccc1.[Fe]. The van der Waals surface area contributed by atoms with Gasteiger partial charge in [-0.1, -0.05) is 25.1 Å². The summed E-state index contributed by atoms with van der Waals surface area (Å²) in [5, 5.41) is 0. The molecule has 1 aromatic carbocycles. The van der Waals surface area contributed by atoms with E-state index >= 15 is 0 Å². The Morgan fingerprint density at radius 1 is 1.33 bits per heavy atom. The molecule has 0 unspecified atom stereocenters. The van der Waals surface area contributed by atoms with Crippen LogP contribution in [0.1, 0.15) is 13.3 Å². The van der Waals surface area contributed by atoms with Crippen molar-refractivity contribution in [3.8, 4) is 5.75 Å². The van der Waals surface area contributed by atoms with Crippen LogP contribution < -0.4 is 4.74 Å². The van der Waals surface area contributed by atoms with E-state index in [0.29, 0.717) is 12.2 Å². The van der Waals surface area contributed by atoms with Crippen LogP contribution in [0.15, 0.2) is 30.3 Å². The molecule has 0 spiro atoms. The minimum atomic E-state index is -0.198. The molecule has 0 aromatic heterocycles. The van der Waals surface area contributed by atoms with Crippen molar-refractivity contribution in [2.24, 2.45) is 0 Å². The molecule has 0 saturated carbocycles. The summed E-state index contributed by atoms with van der Waals surface area (Å²) in [6.45, 7) is 1.77. The van der Waals surface area contributed by atoms with E-state index in [1.54, 1.807) is 19.1 Å². The molecule has 0 bridgehead atoms. The first-order valence-electron chi connectivity index (χ1n) is 3.58. The summed E-state index contributed by atoms with van der Waals surface area (Å²) in [7, 11) is 0. The number of ether oxygens (including phenoxy) is 1. The molecule has 3 heteroatoms. The number of hydrogen-bond donors (Lipinski definition) is 0. The van der Waals surface area contributed by atoms with Gasteiger partial charge in [-0.25, -0.2) is 0 Å². The van der Waals surface area contributed by atoms with Crippen LogP contribution in [0, 0.1) is 0 Å². The zero-order valence-corrected chi connectivity index (χ0v) is 7.87. The van der Waals surface area contributed by atoms with Crippen molar-refractivity contribution in [2.75, 3.05) is 0 Å². The van der Waals surface area contributed by atoms with E-state index in [-0.39, 0.29) is 23.0 Å². The molecule has 66 valence electrons. The van der Waals surface area contributed by atoms with E-state index < -0.39 is 0 Å². The number of carbonyl (C=O) groups is 1. The van der Waals surface area contributed by atoms with E-state index in [4.69, 9.17) is 4.74 Å². The zero-order valence-electron chi connectivity index (χ0n) is 6.76. The average molecular weight is 206 g/mol. The van der Waals surface area contributed by atoms with Crippen LogP contribution in [-0.4, -0.2) is 5.97 Å². The summed E-state index contributed by atoms with van der Waals surface area (Å²) < 4.78 is 4.92. The fourth-order valence-electron chi connectivity index (χ4n) is 0.692. The third kappa shape index (κ3) is 3.56. The molecule has 0 radical (unpaired) electrons. The molecule has 0 amide bonds. The van der Waals surface area contributed by atoms with Crippen LogP contribution in [0.5, 0.6) is 5.75 Å². The first kappa shape index (κ1) is 11.2. The van der Waals surface area contributed by atoms with Crippen molar-refractivity contribution in [2.45, 2.75) is 13.3 Å². The molecular weight excluding hydrogens is 196 g/mol. The Kier molecular flexibility index (Phi) is 5.43. The Bertz CT molecular complexity index is 234. The molecule has 0 atom stereocenters. The third-order valence-electron chi connectivity index (χ3n) is 1.26. The molecule has 1 rings (SSSR count). The standard InChI is InChI=1S/C9H10O2.Fe/c1-2-9(10)11-8-6-4-3-5-7-8;/h3-7H,2H2,1H3;. The second-order valence-corrected chi connectivity index (χ2v) is 2.14. The number of para-hydroxylation sites is 1. The topological polar surface area (TPSA) is 26.3 Å². The van der Waals surface area contributed by atoms with Crippen molar-refractivity contribution >= 4 is 5.97 Å². The van der Waals surface area contributed by atoms with Crippen LogP contribution in [0.25, 0.3) is 0 Å². The number of carbonyl (C=O) groups excluding carboxylic acids is 1. The van der Waals surface area contributed by atoms with Gasteiger partial charge in [-0.3, -0.25) is 4.79 Å². The first-order chi connectivity index (χ1) is 5.33. The third-order valence-corrected chi connectivity index (χ3v) is 1.26. The van der Waals surface area contributed by atoms with Gasteiger partial charge >= 0.3 is 5.97 Å². The minimum absolute atomic E-state index is 0.